The van der Waals surface area contributed by atoms with Gasteiger partial charge in [-0.05, 0) is 0 Å². The van der Waals surface area contributed by atoms with Gasteiger partial charge in [-0.25, -0.2) is 4.98 Å². The fourth-order valence-corrected chi connectivity index (χ4v) is 0.759. The molecule has 0 atom stereocenters. The van der Waals surface area contributed by atoms with Crippen molar-refractivity contribution in [2.24, 2.45) is 5.73 Å². The van der Waals surface area contributed by atoms with E-state index < -0.39 is 0 Å². The molecule has 0 radical (unpaired) electrons. The van der Waals surface area contributed by atoms with Crippen molar-refractivity contribution in [3.8, 4) is 0 Å². The highest BCUT2D eigenvalue weighted by atomic mass is 35.5. The maximum Gasteiger partial charge on any atom is 0.0950 e. The number of nitrogens with two attached hydrogens (primary N) is 1. The first-order chi connectivity index (χ1) is 4.86. The lowest BCUT2D eigenvalue weighted by atomic mass is 10.5. The van der Waals surface area contributed by atoms with Crippen molar-refractivity contribution in [3.63, 3.8) is 0 Å². The summed E-state index contributed by atoms with van der Waals surface area (Å²) in [6, 6.07) is 0. The maximum atomic E-state index is 8.61. The molecular formula is C6H13Cl2N3O. The third kappa shape index (κ3) is 3.92. The summed E-state index contributed by atoms with van der Waals surface area (Å²) in [7, 11) is 0. The normalized spacial score (nSPS) is 8.50. The summed E-state index contributed by atoms with van der Waals surface area (Å²) < 4.78 is 1.85. The predicted octanol–water partition coefficient (Wildman–Crippen LogP) is 0.178. The summed E-state index contributed by atoms with van der Waals surface area (Å²) >= 11 is 0. The largest absolute Gasteiger partial charge is 0.390 e. The molecule has 3 N–H and O–H groups in total. The summed E-state index contributed by atoms with van der Waals surface area (Å²) in [5.41, 5.74) is 5.99. The van der Waals surface area contributed by atoms with Crippen molar-refractivity contribution in [1.82, 2.24) is 9.55 Å². The van der Waals surface area contributed by atoms with Gasteiger partial charge in [-0.2, -0.15) is 0 Å². The van der Waals surface area contributed by atoms with Gasteiger partial charge in [0.1, 0.15) is 0 Å². The zero-order chi connectivity index (χ0) is 7.40. The van der Waals surface area contributed by atoms with E-state index in [1.54, 1.807) is 12.5 Å². The molecule has 4 nitrogen and oxygen atoms in total. The minimum atomic E-state index is -0.00241. The number of aliphatic hydroxyl groups is 1. The molecule has 0 aliphatic rings. The molecule has 0 saturated carbocycles. The summed E-state index contributed by atoms with van der Waals surface area (Å²) in [6.07, 6.45) is 3.45. The summed E-state index contributed by atoms with van der Waals surface area (Å²) in [6.45, 7) is 1.35. The number of aliphatic hydroxyl groups excluding tert-OH is 1. The number of aromatic nitrogens is 2. The SMILES string of the molecule is Cl.Cl.NCCn1cnc(CO)c1. The van der Waals surface area contributed by atoms with Gasteiger partial charge in [-0.3, -0.25) is 0 Å². The predicted molar refractivity (Wildman–Crippen MR) is 51.7 cm³/mol. The molecular weight excluding hydrogens is 201 g/mol. The fraction of sp³-hybridized carbons (Fsp3) is 0.500. The van der Waals surface area contributed by atoms with Crippen molar-refractivity contribution in [1.29, 1.82) is 0 Å². The molecule has 0 aliphatic heterocycles. The number of hydrogen-bond acceptors (Lipinski definition) is 3. The van der Waals surface area contributed by atoms with Gasteiger partial charge in [-0.15, -0.1) is 24.8 Å². The lowest BCUT2D eigenvalue weighted by molar-refractivity contribution is 0.277. The molecule has 0 amide bonds. The van der Waals surface area contributed by atoms with Gasteiger partial charge in [-0.1, -0.05) is 0 Å². The Balaban J connectivity index is 0. The molecule has 1 heterocycles. The van der Waals surface area contributed by atoms with Crippen LogP contribution in [0.1, 0.15) is 5.69 Å². The van der Waals surface area contributed by atoms with E-state index in [1.807, 2.05) is 4.57 Å². The van der Waals surface area contributed by atoms with Crippen LogP contribution in [0, 0.1) is 0 Å². The smallest absolute Gasteiger partial charge is 0.0950 e. The number of halogens is 2. The first-order valence-electron chi connectivity index (χ1n) is 3.18. The average Bonchev–Trinajstić information content (AvgIpc) is 2.37. The van der Waals surface area contributed by atoms with Gasteiger partial charge in [0.15, 0.2) is 0 Å². The second-order valence-electron chi connectivity index (χ2n) is 2.05. The average molecular weight is 214 g/mol. The molecule has 1 aromatic rings. The van der Waals surface area contributed by atoms with Crippen LogP contribution in [-0.4, -0.2) is 21.2 Å². The van der Waals surface area contributed by atoms with E-state index in [4.69, 9.17) is 10.8 Å². The quantitative estimate of drug-likeness (QED) is 0.754. The van der Waals surface area contributed by atoms with Crippen molar-refractivity contribution in [2.45, 2.75) is 13.2 Å². The van der Waals surface area contributed by atoms with E-state index in [9.17, 15) is 0 Å². The maximum absolute atomic E-state index is 8.61. The van der Waals surface area contributed by atoms with Gasteiger partial charge in [0, 0.05) is 19.3 Å². The molecule has 1 aromatic heterocycles. The lowest BCUT2D eigenvalue weighted by Crippen LogP contribution is -2.07. The molecule has 0 unspecified atom stereocenters. The Morgan fingerprint density at radius 3 is 2.58 bits per heavy atom. The molecule has 0 spiro atoms. The molecule has 12 heavy (non-hydrogen) atoms. The Hall–Kier alpha value is -0.290. The van der Waals surface area contributed by atoms with E-state index in [0.29, 0.717) is 12.2 Å². The minimum Gasteiger partial charge on any atom is -0.390 e. The van der Waals surface area contributed by atoms with Gasteiger partial charge < -0.3 is 15.4 Å². The number of hydrogen-bond donors (Lipinski definition) is 2. The third-order valence-corrected chi connectivity index (χ3v) is 1.24. The van der Waals surface area contributed by atoms with Gasteiger partial charge in [0.05, 0.1) is 18.6 Å². The number of nitrogens with zero attached hydrogens (tertiary/aromatic N) is 2. The summed E-state index contributed by atoms with van der Waals surface area (Å²) in [5, 5.41) is 8.61. The van der Waals surface area contributed by atoms with Crippen LogP contribution in [0.5, 0.6) is 0 Å². The van der Waals surface area contributed by atoms with Crippen LogP contribution in [0.2, 0.25) is 0 Å². The van der Waals surface area contributed by atoms with E-state index in [0.717, 1.165) is 6.54 Å². The first-order valence-corrected chi connectivity index (χ1v) is 3.18. The monoisotopic (exact) mass is 213 g/mol. The molecule has 72 valence electrons. The van der Waals surface area contributed by atoms with Gasteiger partial charge in [0.2, 0.25) is 0 Å². The second-order valence-corrected chi connectivity index (χ2v) is 2.05. The van der Waals surface area contributed by atoms with Crippen LogP contribution < -0.4 is 5.73 Å². The number of rotatable bonds is 3. The van der Waals surface area contributed by atoms with E-state index >= 15 is 0 Å². The Morgan fingerprint density at radius 1 is 1.50 bits per heavy atom. The second kappa shape index (κ2) is 7.36. The zero-order valence-corrected chi connectivity index (χ0v) is 8.14. The van der Waals surface area contributed by atoms with Crippen LogP contribution in [0.25, 0.3) is 0 Å². The van der Waals surface area contributed by atoms with E-state index in [2.05, 4.69) is 4.98 Å². The summed E-state index contributed by atoms with van der Waals surface area (Å²) in [4.78, 5) is 3.91. The first kappa shape index (κ1) is 14.2. The topological polar surface area (TPSA) is 64.1 Å². The van der Waals surface area contributed by atoms with E-state index in [1.165, 1.54) is 0 Å². The minimum absolute atomic E-state index is 0. The van der Waals surface area contributed by atoms with Crippen LogP contribution in [0.15, 0.2) is 12.5 Å². The molecule has 6 heteroatoms. The van der Waals surface area contributed by atoms with Crippen LogP contribution in [0.4, 0.5) is 0 Å². The molecule has 0 aliphatic carbocycles. The Morgan fingerprint density at radius 2 is 2.17 bits per heavy atom. The van der Waals surface area contributed by atoms with E-state index in [-0.39, 0.29) is 31.4 Å². The molecule has 1 rings (SSSR count). The van der Waals surface area contributed by atoms with Crippen molar-refractivity contribution >= 4 is 24.8 Å². The Labute approximate surface area is 83.6 Å². The molecule has 0 bridgehead atoms. The lowest BCUT2D eigenvalue weighted by Gasteiger charge is -1.94. The molecule has 0 fully saturated rings. The summed E-state index contributed by atoms with van der Waals surface area (Å²) in [5.74, 6) is 0. The Bertz CT molecular complexity index is 204. The van der Waals surface area contributed by atoms with Crippen molar-refractivity contribution in [3.05, 3.63) is 18.2 Å². The highest BCUT2D eigenvalue weighted by molar-refractivity contribution is 5.85. The van der Waals surface area contributed by atoms with Crippen molar-refractivity contribution in [2.75, 3.05) is 6.54 Å². The third-order valence-electron chi connectivity index (χ3n) is 1.24. The molecule has 0 saturated heterocycles. The van der Waals surface area contributed by atoms with Gasteiger partial charge >= 0.3 is 0 Å². The zero-order valence-electron chi connectivity index (χ0n) is 6.51. The highest BCUT2D eigenvalue weighted by Gasteiger charge is 1.93. The standard InChI is InChI=1S/C6H11N3O.2ClH/c7-1-2-9-3-6(4-10)8-5-9;;/h3,5,10H,1-2,4,7H2;2*1H. The van der Waals surface area contributed by atoms with Crippen LogP contribution in [-0.2, 0) is 13.2 Å². The van der Waals surface area contributed by atoms with Crippen LogP contribution in [0.3, 0.4) is 0 Å². The van der Waals surface area contributed by atoms with Crippen LogP contribution >= 0.6 is 24.8 Å². The highest BCUT2D eigenvalue weighted by Crippen LogP contribution is 1.93. The van der Waals surface area contributed by atoms with Gasteiger partial charge in [0.25, 0.3) is 0 Å². The Kier molecular flexibility index (Phi) is 8.74. The number of imidazole rings is 1. The van der Waals surface area contributed by atoms with Crippen molar-refractivity contribution < 1.29 is 5.11 Å². The fourth-order valence-electron chi connectivity index (χ4n) is 0.759. The molecule has 0 aromatic carbocycles.